The number of ketones is 1. The summed E-state index contributed by atoms with van der Waals surface area (Å²) in [6, 6.07) is 9.34. The summed E-state index contributed by atoms with van der Waals surface area (Å²) >= 11 is 0. The van der Waals surface area contributed by atoms with Crippen molar-refractivity contribution in [3.8, 4) is 17.2 Å². The van der Waals surface area contributed by atoms with Crippen molar-refractivity contribution in [1.29, 1.82) is 0 Å². The van der Waals surface area contributed by atoms with Crippen LogP contribution in [0.3, 0.4) is 0 Å². The SMILES string of the molecule is COc1cc(C(=O)CC(=O)Nc2ccccc2[C]=O)cc(OC)c1OC. The molecule has 0 unspecified atom stereocenters. The first-order chi connectivity index (χ1) is 12.5. The molecule has 26 heavy (non-hydrogen) atoms. The Bertz CT molecular complexity index is 806. The van der Waals surface area contributed by atoms with Gasteiger partial charge in [-0.2, -0.15) is 0 Å². The van der Waals surface area contributed by atoms with Crippen molar-refractivity contribution in [3.05, 3.63) is 47.5 Å². The van der Waals surface area contributed by atoms with Gasteiger partial charge >= 0.3 is 0 Å². The molecule has 0 aliphatic carbocycles. The third-order valence-electron chi connectivity index (χ3n) is 3.62. The van der Waals surface area contributed by atoms with Crippen molar-refractivity contribution in [3.63, 3.8) is 0 Å². The molecule has 1 radical (unpaired) electrons. The Morgan fingerprint density at radius 3 is 2.15 bits per heavy atom. The van der Waals surface area contributed by atoms with Crippen LogP contribution < -0.4 is 19.5 Å². The molecule has 0 aliphatic rings. The molecule has 0 saturated heterocycles. The predicted molar refractivity (Wildman–Crippen MR) is 94.9 cm³/mol. The molecule has 0 atom stereocenters. The summed E-state index contributed by atoms with van der Waals surface area (Å²) in [5.41, 5.74) is 0.746. The van der Waals surface area contributed by atoms with E-state index in [2.05, 4.69) is 5.32 Å². The molecule has 0 heterocycles. The van der Waals surface area contributed by atoms with Crippen LogP contribution in [0.25, 0.3) is 0 Å². The Morgan fingerprint density at radius 1 is 1.00 bits per heavy atom. The average molecular weight is 356 g/mol. The van der Waals surface area contributed by atoms with E-state index in [0.29, 0.717) is 22.9 Å². The maximum absolute atomic E-state index is 12.4. The van der Waals surface area contributed by atoms with E-state index in [1.807, 2.05) is 0 Å². The van der Waals surface area contributed by atoms with Gasteiger partial charge in [0.1, 0.15) is 0 Å². The summed E-state index contributed by atoms with van der Waals surface area (Å²) in [7, 11) is 4.33. The smallest absolute Gasteiger partial charge is 0.235 e. The van der Waals surface area contributed by atoms with Crippen LogP contribution in [-0.2, 0) is 9.59 Å². The Hall–Kier alpha value is -3.35. The first-order valence-corrected chi connectivity index (χ1v) is 7.64. The van der Waals surface area contributed by atoms with E-state index < -0.39 is 18.1 Å². The molecule has 7 nitrogen and oxygen atoms in total. The normalized spacial score (nSPS) is 9.96. The van der Waals surface area contributed by atoms with E-state index in [0.717, 1.165) is 0 Å². The van der Waals surface area contributed by atoms with Crippen LogP contribution in [-0.4, -0.2) is 39.3 Å². The van der Waals surface area contributed by atoms with Gasteiger partial charge in [0, 0.05) is 11.1 Å². The number of para-hydroxylation sites is 1. The second kappa shape index (κ2) is 8.66. The van der Waals surface area contributed by atoms with Gasteiger partial charge in [-0.05, 0) is 24.3 Å². The number of methoxy groups -OCH3 is 3. The number of rotatable bonds is 8. The second-order valence-electron chi connectivity index (χ2n) is 5.21. The first kappa shape index (κ1) is 19.0. The zero-order valence-electron chi connectivity index (χ0n) is 14.6. The molecule has 1 amide bonds. The molecule has 0 spiro atoms. The Kier molecular flexibility index (Phi) is 6.32. The van der Waals surface area contributed by atoms with Crippen molar-refractivity contribution in [2.75, 3.05) is 26.6 Å². The minimum absolute atomic E-state index is 0.209. The van der Waals surface area contributed by atoms with Crippen molar-refractivity contribution in [2.24, 2.45) is 0 Å². The molecule has 0 bridgehead atoms. The number of carbonyl (C=O) groups excluding carboxylic acids is 3. The van der Waals surface area contributed by atoms with E-state index >= 15 is 0 Å². The van der Waals surface area contributed by atoms with Crippen molar-refractivity contribution >= 4 is 23.7 Å². The minimum atomic E-state index is -0.550. The first-order valence-electron chi connectivity index (χ1n) is 7.64. The minimum Gasteiger partial charge on any atom is -0.493 e. The Balaban J connectivity index is 2.19. The summed E-state index contributed by atoms with van der Waals surface area (Å²) in [6.07, 6.45) is 1.32. The molecular formula is C19H18NO6. The molecular weight excluding hydrogens is 338 g/mol. The van der Waals surface area contributed by atoms with Crippen molar-refractivity contribution < 1.29 is 28.6 Å². The highest BCUT2D eigenvalue weighted by Crippen LogP contribution is 2.38. The molecule has 0 aliphatic heterocycles. The van der Waals surface area contributed by atoms with Crippen LogP contribution in [0.4, 0.5) is 5.69 Å². The summed E-state index contributed by atoms with van der Waals surface area (Å²) in [5, 5.41) is 2.53. The number of amides is 1. The van der Waals surface area contributed by atoms with Gasteiger partial charge in [0.25, 0.3) is 0 Å². The van der Waals surface area contributed by atoms with Gasteiger partial charge in [-0.25, -0.2) is 0 Å². The number of benzene rings is 2. The number of ether oxygens (including phenoxy) is 3. The van der Waals surface area contributed by atoms with E-state index in [4.69, 9.17) is 14.2 Å². The molecule has 0 aromatic heterocycles. The maximum Gasteiger partial charge on any atom is 0.235 e. The standard InChI is InChI=1S/C19H18NO6/c1-24-16-8-13(9-17(25-2)19(16)26-3)15(22)10-18(23)20-14-7-5-4-6-12(14)11-21/h4-9H,10H2,1-3H3,(H,20,23). The molecule has 1 N–H and O–H groups in total. The van der Waals surface area contributed by atoms with Crippen LogP contribution in [0.15, 0.2) is 36.4 Å². The van der Waals surface area contributed by atoms with Crippen LogP contribution in [0.1, 0.15) is 22.3 Å². The summed E-state index contributed by atoms with van der Waals surface area (Å²) < 4.78 is 15.6. The average Bonchev–Trinajstić information content (AvgIpc) is 2.66. The third-order valence-corrected chi connectivity index (χ3v) is 3.62. The van der Waals surface area contributed by atoms with E-state index in [9.17, 15) is 14.4 Å². The van der Waals surface area contributed by atoms with Crippen LogP contribution >= 0.6 is 0 Å². The van der Waals surface area contributed by atoms with Crippen LogP contribution in [0.2, 0.25) is 0 Å². The lowest BCUT2D eigenvalue weighted by molar-refractivity contribution is -0.115. The van der Waals surface area contributed by atoms with Gasteiger partial charge in [-0.1, -0.05) is 12.1 Å². The zero-order chi connectivity index (χ0) is 19.1. The van der Waals surface area contributed by atoms with Gasteiger partial charge in [0.2, 0.25) is 17.9 Å². The van der Waals surface area contributed by atoms with Gasteiger partial charge in [0.15, 0.2) is 17.3 Å². The highest BCUT2D eigenvalue weighted by atomic mass is 16.5. The van der Waals surface area contributed by atoms with Crippen molar-refractivity contribution in [1.82, 2.24) is 0 Å². The third kappa shape index (κ3) is 4.18. The number of hydrogen-bond donors (Lipinski definition) is 1. The van der Waals surface area contributed by atoms with Gasteiger partial charge in [-0.15, -0.1) is 0 Å². The molecule has 0 fully saturated rings. The lowest BCUT2D eigenvalue weighted by atomic mass is 10.1. The van der Waals surface area contributed by atoms with Gasteiger partial charge in [0.05, 0.1) is 33.4 Å². The maximum atomic E-state index is 12.4. The fraction of sp³-hybridized carbons (Fsp3) is 0.211. The molecule has 2 aromatic rings. The fourth-order valence-corrected chi connectivity index (χ4v) is 2.37. The second-order valence-corrected chi connectivity index (χ2v) is 5.21. The Morgan fingerprint density at radius 2 is 1.62 bits per heavy atom. The number of anilines is 1. The molecule has 0 saturated carbocycles. The Labute approximate surface area is 150 Å². The van der Waals surface area contributed by atoms with Gasteiger partial charge in [-0.3, -0.25) is 14.4 Å². The quantitative estimate of drug-likeness (QED) is 0.577. The monoisotopic (exact) mass is 356 g/mol. The number of Topliss-reactive ketones (excluding diaryl/α,β-unsaturated/α-hetero) is 1. The summed E-state index contributed by atoms with van der Waals surface area (Å²) in [4.78, 5) is 35.5. The van der Waals surface area contributed by atoms with E-state index in [-0.39, 0.29) is 11.1 Å². The number of carbonyl (C=O) groups is 2. The topological polar surface area (TPSA) is 90.9 Å². The van der Waals surface area contributed by atoms with Crippen LogP contribution in [0.5, 0.6) is 17.2 Å². The highest BCUT2D eigenvalue weighted by Gasteiger charge is 2.19. The predicted octanol–water partition coefficient (Wildman–Crippen LogP) is 2.38. The van der Waals surface area contributed by atoms with Crippen molar-refractivity contribution in [2.45, 2.75) is 6.42 Å². The van der Waals surface area contributed by atoms with E-state index in [1.165, 1.54) is 39.5 Å². The molecule has 135 valence electrons. The number of hydrogen-bond acceptors (Lipinski definition) is 6. The lowest BCUT2D eigenvalue weighted by Crippen LogP contribution is -2.17. The van der Waals surface area contributed by atoms with Crippen LogP contribution in [0, 0.1) is 0 Å². The lowest BCUT2D eigenvalue weighted by Gasteiger charge is -2.13. The van der Waals surface area contributed by atoms with E-state index in [1.54, 1.807) is 24.5 Å². The largest absolute Gasteiger partial charge is 0.493 e. The summed E-state index contributed by atoms with van der Waals surface area (Å²) in [5.74, 6) is 0.000218. The fourth-order valence-electron chi connectivity index (χ4n) is 2.37. The molecule has 2 aromatic carbocycles. The molecule has 2 rings (SSSR count). The zero-order valence-corrected chi connectivity index (χ0v) is 14.6. The number of nitrogens with one attached hydrogen (secondary N) is 1. The molecule has 7 heteroatoms. The van der Waals surface area contributed by atoms with Gasteiger partial charge < -0.3 is 19.5 Å². The summed E-state index contributed by atoms with van der Waals surface area (Å²) in [6.45, 7) is 0. The highest BCUT2D eigenvalue weighted by molar-refractivity contribution is 6.12.